The number of fused-ring (bicyclic) bond motifs is 1. The molecule has 27 heavy (non-hydrogen) atoms. The van der Waals surface area contributed by atoms with Crippen molar-refractivity contribution in [1.29, 1.82) is 0 Å². The van der Waals surface area contributed by atoms with Crippen LogP contribution in [-0.2, 0) is 4.79 Å². The normalized spacial score (nSPS) is 19.1. The average molecular weight is 371 g/mol. The molecule has 4 heterocycles. The Morgan fingerprint density at radius 3 is 2.78 bits per heavy atom. The van der Waals surface area contributed by atoms with Crippen LogP contribution >= 0.6 is 0 Å². The van der Waals surface area contributed by atoms with Gasteiger partial charge in [-0.05, 0) is 64.7 Å². The highest BCUT2D eigenvalue weighted by Crippen LogP contribution is 2.25. The Kier molecular flexibility index (Phi) is 5.57. The summed E-state index contributed by atoms with van der Waals surface area (Å²) in [5, 5.41) is 7.61. The van der Waals surface area contributed by atoms with Crippen molar-refractivity contribution < 1.29 is 4.79 Å². The third kappa shape index (κ3) is 4.24. The fourth-order valence-corrected chi connectivity index (χ4v) is 4.29. The number of rotatable bonds is 6. The molecule has 0 aromatic carbocycles. The molecule has 7 nitrogen and oxygen atoms in total. The highest BCUT2D eigenvalue weighted by Gasteiger charge is 2.26. The van der Waals surface area contributed by atoms with Gasteiger partial charge >= 0.3 is 0 Å². The Hall–Kier alpha value is -2.15. The molecule has 1 amide bonds. The Bertz CT molecular complexity index is 774. The van der Waals surface area contributed by atoms with E-state index in [4.69, 9.17) is 0 Å². The Balaban J connectivity index is 1.25. The first-order valence-corrected chi connectivity index (χ1v) is 10.3. The molecule has 4 rings (SSSR count). The number of nitrogens with one attached hydrogen (secondary N) is 1. The fraction of sp³-hybridized carbons (Fsp3) is 0.650. The zero-order valence-electron chi connectivity index (χ0n) is 16.2. The second kappa shape index (κ2) is 8.25. The number of nitrogens with zero attached hydrogens (tertiary/aromatic N) is 5. The predicted octanol–water partition coefficient (Wildman–Crippen LogP) is 1.86. The van der Waals surface area contributed by atoms with Gasteiger partial charge in [0.15, 0.2) is 5.82 Å². The van der Waals surface area contributed by atoms with E-state index in [0.29, 0.717) is 0 Å². The number of aromatic nitrogens is 3. The number of aryl methyl sites for hydroxylation is 1. The smallest absolute Gasteiger partial charge is 0.223 e. The van der Waals surface area contributed by atoms with E-state index in [-0.39, 0.29) is 11.8 Å². The second-order valence-electron chi connectivity index (χ2n) is 7.82. The van der Waals surface area contributed by atoms with Crippen LogP contribution in [0.3, 0.4) is 0 Å². The highest BCUT2D eigenvalue weighted by atomic mass is 16.1. The van der Waals surface area contributed by atoms with Gasteiger partial charge in [0.1, 0.15) is 5.52 Å². The van der Waals surface area contributed by atoms with Crippen LogP contribution in [0.15, 0.2) is 18.5 Å². The summed E-state index contributed by atoms with van der Waals surface area (Å²) in [6.07, 6.45) is 9.15. The molecule has 146 valence electrons. The van der Waals surface area contributed by atoms with Crippen molar-refractivity contribution in [1.82, 2.24) is 24.8 Å². The zero-order valence-corrected chi connectivity index (χ0v) is 16.2. The zero-order chi connectivity index (χ0) is 18.6. The fourth-order valence-electron chi connectivity index (χ4n) is 4.29. The first-order valence-electron chi connectivity index (χ1n) is 10.3. The van der Waals surface area contributed by atoms with Crippen LogP contribution < -0.4 is 10.2 Å². The van der Waals surface area contributed by atoms with Crippen molar-refractivity contribution in [3.8, 4) is 0 Å². The molecule has 2 aromatic heterocycles. The number of piperidine rings is 1. The van der Waals surface area contributed by atoms with Crippen molar-refractivity contribution >= 4 is 17.2 Å². The van der Waals surface area contributed by atoms with Gasteiger partial charge in [-0.1, -0.05) is 0 Å². The van der Waals surface area contributed by atoms with Crippen molar-refractivity contribution in [2.45, 2.75) is 39.0 Å². The maximum Gasteiger partial charge on any atom is 0.223 e. The Morgan fingerprint density at radius 2 is 2.00 bits per heavy atom. The van der Waals surface area contributed by atoms with E-state index in [1.54, 1.807) is 6.20 Å². The lowest BCUT2D eigenvalue weighted by Gasteiger charge is -2.32. The number of carbonyl (C=O) groups is 1. The van der Waals surface area contributed by atoms with Gasteiger partial charge in [-0.15, -0.1) is 0 Å². The van der Waals surface area contributed by atoms with Crippen molar-refractivity contribution in [3.63, 3.8) is 0 Å². The maximum atomic E-state index is 12.5. The molecule has 2 saturated heterocycles. The van der Waals surface area contributed by atoms with Crippen LogP contribution in [0.2, 0.25) is 0 Å². The van der Waals surface area contributed by atoms with Crippen molar-refractivity contribution in [3.05, 3.63) is 24.2 Å². The number of carbonyl (C=O) groups excluding carboxylic acids is 1. The standard InChI is InChI=1S/C20H30N6O/c1-16-15-18-19(21-8-14-26(18)23-16)25-12-5-17(6-13-25)20(27)22-7-4-11-24-9-2-3-10-24/h8,14-15,17H,2-7,9-13H2,1H3,(H,22,27). The van der Waals surface area contributed by atoms with Gasteiger partial charge in [0.05, 0.1) is 5.69 Å². The van der Waals surface area contributed by atoms with Crippen LogP contribution in [0, 0.1) is 12.8 Å². The molecule has 0 unspecified atom stereocenters. The number of amides is 1. The summed E-state index contributed by atoms with van der Waals surface area (Å²) in [4.78, 5) is 21.8. The van der Waals surface area contributed by atoms with E-state index in [2.05, 4.69) is 31.3 Å². The molecule has 7 heteroatoms. The summed E-state index contributed by atoms with van der Waals surface area (Å²) in [6, 6.07) is 2.07. The topological polar surface area (TPSA) is 65.8 Å². The molecule has 0 bridgehead atoms. The monoisotopic (exact) mass is 370 g/mol. The van der Waals surface area contributed by atoms with Crippen LogP contribution in [0.1, 0.15) is 37.8 Å². The molecular weight excluding hydrogens is 340 g/mol. The van der Waals surface area contributed by atoms with Crippen LogP contribution in [0.4, 0.5) is 5.82 Å². The van der Waals surface area contributed by atoms with Gasteiger partial charge in [-0.3, -0.25) is 4.79 Å². The van der Waals surface area contributed by atoms with Crippen LogP contribution in [-0.4, -0.2) is 64.7 Å². The van der Waals surface area contributed by atoms with Gasteiger partial charge in [-0.25, -0.2) is 9.50 Å². The first kappa shape index (κ1) is 18.2. The molecule has 0 radical (unpaired) electrons. The summed E-state index contributed by atoms with van der Waals surface area (Å²) < 4.78 is 1.89. The Morgan fingerprint density at radius 1 is 1.22 bits per heavy atom. The SMILES string of the molecule is Cc1cc2c(N3CCC(C(=O)NCCCN4CCCC4)CC3)nccn2n1. The lowest BCUT2D eigenvalue weighted by molar-refractivity contribution is -0.125. The molecular formula is C20H30N6O. The third-order valence-electron chi connectivity index (χ3n) is 5.81. The Labute approximate surface area is 160 Å². The molecule has 2 fully saturated rings. The van der Waals surface area contributed by atoms with E-state index < -0.39 is 0 Å². The van der Waals surface area contributed by atoms with Gasteiger partial charge in [-0.2, -0.15) is 5.10 Å². The van der Waals surface area contributed by atoms with Crippen LogP contribution in [0.5, 0.6) is 0 Å². The lowest BCUT2D eigenvalue weighted by Crippen LogP contribution is -2.41. The minimum absolute atomic E-state index is 0.124. The average Bonchev–Trinajstić information content (AvgIpc) is 3.33. The minimum Gasteiger partial charge on any atom is -0.356 e. The molecule has 1 N–H and O–H groups in total. The summed E-state index contributed by atoms with van der Waals surface area (Å²) in [6.45, 7) is 8.08. The van der Waals surface area contributed by atoms with E-state index >= 15 is 0 Å². The number of anilines is 1. The molecule has 2 aliphatic rings. The van der Waals surface area contributed by atoms with E-state index in [1.165, 1.54) is 25.9 Å². The van der Waals surface area contributed by atoms with E-state index in [0.717, 1.165) is 62.5 Å². The van der Waals surface area contributed by atoms with Gasteiger partial charge < -0.3 is 15.1 Å². The molecule has 0 atom stereocenters. The maximum absolute atomic E-state index is 12.5. The largest absolute Gasteiger partial charge is 0.356 e. The highest BCUT2D eigenvalue weighted by molar-refractivity contribution is 5.79. The van der Waals surface area contributed by atoms with Crippen molar-refractivity contribution in [2.24, 2.45) is 5.92 Å². The summed E-state index contributed by atoms with van der Waals surface area (Å²) >= 11 is 0. The van der Waals surface area contributed by atoms with Crippen LogP contribution in [0.25, 0.3) is 5.52 Å². The third-order valence-corrected chi connectivity index (χ3v) is 5.81. The summed E-state index contributed by atoms with van der Waals surface area (Å²) in [5.74, 6) is 1.32. The number of hydrogen-bond donors (Lipinski definition) is 1. The van der Waals surface area contributed by atoms with E-state index in [9.17, 15) is 4.79 Å². The number of hydrogen-bond acceptors (Lipinski definition) is 5. The van der Waals surface area contributed by atoms with Gasteiger partial charge in [0.2, 0.25) is 5.91 Å². The van der Waals surface area contributed by atoms with Gasteiger partial charge in [0.25, 0.3) is 0 Å². The molecule has 0 aliphatic carbocycles. The number of likely N-dealkylation sites (tertiary alicyclic amines) is 1. The van der Waals surface area contributed by atoms with E-state index in [1.807, 2.05) is 17.6 Å². The first-order chi connectivity index (χ1) is 13.2. The molecule has 0 spiro atoms. The molecule has 2 aliphatic heterocycles. The van der Waals surface area contributed by atoms with Crippen molar-refractivity contribution in [2.75, 3.05) is 44.2 Å². The lowest BCUT2D eigenvalue weighted by atomic mass is 9.96. The predicted molar refractivity (Wildman–Crippen MR) is 106 cm³/mol. The quantitative estimate of drug-likeness (QED) is 0.786. The minimum atomic E-state index is 0.124. The summed E-state index contributed by atoms with van der Waals surface area (Å²) in [7, 11) is 0. The second-order valence-corrected chi connectivity index (χ2v) is 7.82. The molecule has 0 saturated carbocycles. The van der Waals surface area contributed by atoms with Gasteiger partial charge in [0, 0.05) is 37.9 Å². The summed E-state index contributed by atoms with van der Waals surface area (Å²) in [5.41, 5.74) is 2.03. The molecule has 2 aromatic rings.